The van der Waals surface area contributed by atoms with E-state index in [1.807, 2.05) is 30.9 Å². The first-order valence-corrected chi connectivity index (χ1v) is 7.66. The van der Waals surface area contributed by atoms with Gasteiger partial charge in [-0.1, -0.05) is 11.6 Å². The largest absolute Gasteiger partial charge is 0.352 e. The summed E-state index contributed by atoms with van der Waals surface area (Å²) >= 11 is 7.71. The van der Waals surface area contributed by atoms with Crippen molar-refractivity contribution >= 4 is 28.9 Å². The number of nitrogens with one attached hydrogen (secondary N) is 1. The van der Waals surface area contributed by atoms with Gasteiger partial charge < -0.3 is 14.8 Å². The molecule has 2 aromatic heterocycles. The molecule has 0 atom stereocenters. The number of hydrogen-bond donors (Lipinski definition) is 1. The smallest absolute Gasteiger partial charge is 0.194 e. The van der Waals surface area contributed by atoms with Gasteiger partial charge in [0.1, 0.15) is 0 Å². The van der Waals surface area contributed by atoms with Crippen molar-refractivity contribution in [3.8, 4) is 0 Å². The Labute approximate surface area is 128 Å². The minimum atomic E-state index is 0.756. The van der Waals surface area contributed by atoms with Crippen LogP contribution >= 0.6 is 22.9 Å². The van der Waals surface area contributed by atoms with Gasteiger partial charge in [-0.25, -0.2) is 0 Å². The minimum Gasteiger partial charge on any atom is -0.352 e. The summed E-state index contributed by atoms with van der Waals surface area (Å²) in [5, 5.41) is 8.33. The first-order valence-electron chi connectivity index (χ1n) is 6.33. The molecule has 4 nitrogen and oxygen atoms in total. The highest BCUT2D eigenvalue weighted by Crippen LogP contribution is 2.14. The molecule has 0 aromatic carbocycles. The van der Waals surface area contributed by atoms with Crippen molar-refractivity contribution in [2.45, 2.75) is 13.1 Å². The fourth-order valence-corrected chi connectivity index (χ4v) is 2.94. The highest BCUT2D eigenvalue weighted by Gasteiger charge is 2.09. The summed E-state index contributed by atoms with van der Waals surface area (Å²) in [5.74, 6) is 0.869. The van der Waals surface area contributed by atoms with E-state index < -0.39 is 0 Å². The van der Waals surface area contributed by atoms with E-state index in [0.717, 1.165) is 29.8 Å². The Morgan fingerprint density at radius 3 is 2.90 bits per heavy atom. The molecule has 0 fully saturated rings. The fourth-order valence-electron chi connectivity index (χ4n) is 2.00. The molecule has 20 heavy (non-hydrogen) atoms. The molecule has 2 rings (SSSR count). The summed E-state index contributed by atoms with van der Waals surface area (Å²) in [7, 11) is 5.81. The molecule has 2 aromatic rings. The van der Waals surface area contributed by atoms with Crippen LogP contribution in [0.15, 0.2) is 34.1 Å². The Bertz CT molecular complexity index is 574. The van der Waals surface area contributed by atoms with Crippen LogP contribution in [0.5, 0.6) is 0 Å². The molecule has 2 heterocycles. The number of aromatic nitrogens is 1. The van der Waals surface area contributed by atoms with Crippen LogP contribution in [-0.2, 0) is 20.1 Å². The minimum absolute atomic E-state index is 0.756. The maximum atomic E-state index is 6.01. The molecule has 6 heteroatoms. The average Bonchev–Trinajstić information content (AvgIpc) is 3.01. The molecule has 0 radical (unpaired) electrons. The first kappa shape index (κ1) is 14.9. The second-order valence-electron chi connectivity index (χ2n) is 4.65. The molecule has 108 valence electrons. The molecule has 1 N–H and O–H groups in total. The van der Waals surface area contributed by atoms with E-state index in [4.69, 9.17) is 11.6 Å². The van der Waals surface area contributed by atoms with Crippen LogP contribution in [0.3, 0.4) is 0 Å². The molecule has 0 bridgehead atoms. The third kappa shape index (κ3) is 3.77. The van der Waals surface area contributed by atoms with E-state index in [1.54, 1.807) is 18.4 Å². The Morgan fingerprint density at radius 1 is 1.55 bits per heavy atom. The molecule has 0 spiro atoms. The van der Waals surface area contributed by atoms with E-state index in [2.05, 4.69) is 32.0 Å². The number of hydrogen-bond acceptors (Lipinski definition) is 2. The monoisotopic (exact) mass is 310 g/mol. The Kier molecular flexibility index (Phi) is 5.09. The number of thiophene rings is 1. The van der Waals surface area contributed by atoms with E-state index in [0.29, 0.717) is 0 Å². The predicted octanol–water partition coefficient (Wildman–Crippen LogP) is 2.95. The van der Waals surface area contributed by atoms with Crippen LogP contribution in [0.4, 0.5) is 0 Å². The van der Waals surface area contributed by atoms with Gasteiger partial charge in [0.2, 0.25) is 0 Å². The van der Waals surface area contributed by atoms with Crippen molar-refractivity contribution in [1.82, 2.24) is 14.8 Å². The number of guanidine groups is 1. The second kappa shape index (κ2) is 6.81. The van der Waals surface area contributed by atoms with Crippen molar-refractivity contribution in [1.29, 1.82) is 0 Å². The summed E-state index contributed by atoms with van der Waals surface area (Å²) in [6.45, 7) is 1.54. The fraction of sp³-hybridized carbons (Fsp3) is 0.357. The summed E-state index contributed by atoms with van der Waals surface area (Å²) < 4.78 is 2.03. The van der Waals surface area contributed by atoms with Crippen LogP contribution in [0, 0.1) is 0 Å². The highest BCUT2D eigenvalue weighted by atomic mass is 35.5. The predicted molar refractivity (Wildman–Crippen MR) is 86.4 cm³/mol. The van der Waals surface area contributed by atoms with Gasteiger partial charge in [-0.05, 0) is 28.5 Å². The lowest BCUT2D eigenvalue weighted by Gasteiger charge is -2.22. The van der Waals surface area contributed by atoms with E-state index in [1.165, 1.54) is 5.56 Å². The molecule has 0 amide bonds. The summed E-state index contributed by atoms with van der Waals surface area (Å²) in [6, 6.07) is 4.09. The van der Waals surface area contributed by atoms with Crippen molar-refractivity contribution in [3.63, 3.8) is 0 Å². The zero-order valence-electron chi connectivity index (χ0n) is 11.9. The number of halogens is 1. The lowest BCUT2D eigenvalue weighted by Crippen LogP contribution is -2.38. The van der Waals surface area contributed by atoms with Gasteiger partial charge in [-0.3, -0.25) is 4.99 Å². The quantitative estimate of drug-likeness (QED) is 0.695. The molecule has 0 saturated carbocycles. The number of rotatable bonds is 4. The van der Waals surface area contributed by atoms with Crippen LogP contribution in [0.25, 0.3) is 0 Å². The number of aryl methyl sites for hydroxylation is 1. The molecule has 0 saturated heterocycles. The van der Waals surface area contributed by atoms with E-state index in [9.17, 15) is 0 Å². The van der Waals surface area contributed by atoms with E-state index >= 15 is 0 Å². The zero-order chi connectivity index (χ0) is 14.5. The molecular formula is C14H19ClN4S. The lowest BCUT2D eigenvalue weighted by molar-refractivity contribution is 0.462. The van der Waals surface area contributed by atoms with Crippen molar-refractivity contribution in [2.24, 2.45) is 12.0 Å². The Balaban J connectivity index is 1.95. The molecule has 0 aliphatic rings. The lowest BCUT2D eigenvalue weighted by atomic mass is 10.3. The molecule has 0 aliphatic carbocycles. The zero-order valence-corrected chi connectivity index (χ0v) is 13.5. The second-order valence-corrected chi connectivity index (χ2v) is 5.87. The highest BCUT2D eigenvalue weighted by molar-refractivity contribution is 7.07. The van der Waals surface area contributed by atoms with Gasteiger partial charge in [0.05, 0.1) is 11.6 Å². The molecular weight excluding hydrogens is 292 g/mol. The first-order chi connectivity index (χ1) is 9.60. The molecule has 0 unspecified atom stereocenters. The van der Waals surface area contributed by atoms with Crippen LogP contribution in [-0.4, -0.2) is 29.5 Å². The standard InChI is InChI=1S/C14H19ClN4S/c1-16-14(17-7-11-4-5-20-10-11)19(3)9-13-6-12(15)8-18(13)2/h4-6,8,10H,7,9H2,1-3H3,(H,16,17). The SMILES string of the molecule is CN=C(NCc1ccsc1)N(C)Cc1cc(Cl)cn1C. The van der Waals surface area contributed by atoms with Gasteiger partial charge in [0, 0.05) is 39.6 Å². The van der Waals surface area contributed by atoms with Gasteiger partial charge in [0.15, 0.2) is 5.96 Å². The van der Waals surface area contributed by atoms with Crippen LogP contribution in [0.1, 0.15) is 11.3 Å². The van der Waals surface area contributed by atoms with Gasteiger partial charge >= 0.3 is 0 Å². The molecule has 0 aliphatic heterocycles. The summed E-state index contributed by atoms with van der Waals surface area (Å²) in [4.78, 5) is 6.39. The van der Waals surface area contributed by atoms with Crippen LogP contribution in [0.2, 0.25) is 5.02 Å². The number of nitrogens with zero attached hydrogens (tertiary/aromatic N) is 3. The topological polar surface area (TPSA) is 32.6 Å². The summed E-state index contributed by atoms with van der Waals surface area (Å²) in [5.41, 5.74) is 2.42. The van der Waals surface area contributed by atoms with Crippen LogP contribution < -0.4 is 5.32 Å². The van der Waals surface area contributed by atoms with Crippen molar-refractivity contribution in [3.05, 3.63) is 45.4 Å². The normalized spacial score (nSPS) is 11.7. The summed E-state index contributed by atoms with van der Waals surface area (Å²) in [6.07, 6.45) is 1.91. The number of aliphatic imine (C=N–C) groups is 1. The third-order valence-corrected chi connectivity index (χ3v) is 4.02. The van der Waals surface area contributed by atoms with Gasteiger partial charge in [-0.15, -0.1) is 0 Å². The third-order valence-electron chi connectivity index (χ3n) is 3.08. The maximum Gasteiger partial charge on any atom is 0.194 e. The maximum absolute atomic E-state index is 6.01. The average molecular weight is 311 g/mol. The van der Waals surface area contributed by atoms with Gasteiger partial charge in [0.25, 0.3) is 0 Å². The van der Waals surface area contributed by atoms with Crippen molar-refractivity contribution < 1.29 is 0 Å². The van der Waals surface area contributed by atoms with E-state index in [-0.39, 0.29) is 0 Å². The van der Waals surface area contributed by atoms with Crippen molar-refractivity contribution in [2.75, 3.05) is 14.1 Å². The Hall–Kier alpha value is -1.46. The Morgan fingerprint density at radius 2 is 2.35 bits per heavy atom. The van der Waals surface area contributed by atoms with Gasteiger partial charge in [-0.2, -0.15) is 11.3 Å².